The third-order valence-corrected chi connectivity index (χ3v) is 5.50. The molecule has 0 bridgehead atoms. The number of rotatable bonds is 8. The molecule has 1 saturated heterocycles. The standard InChI is InChI=1S/C18H30F3N5S.HI/c1-3-22-17(23-8-4-10-26-11-6-14(2)7-12-26)24-9-5-16-25-15(13-27-16)18(19,20)21;/h13-14H,3-12H2,1-2H3,(H2,22,23,24);1H. The van der Waals surface area contributed by atoms with Crippen LogP contribution < -0.4 is 10.6 Å². The average Bonchev–Trinajstić information content (AvgIpc) is 3.09. The first-order valence-corrected chi connectivity index (χ1v) is 10.5. The number of guanidine groups is 1. The molecule has 2 rings (SSSR count). The van der Waals surface area contributed by atoms with E-state index in [-0.39, 0.29) is 24.0 Å². The molecular formula is C18H31F3IN5S. The number of halogens is 4. The molecule has 0 unspecified atom stereocenters. The van der Waals surface area contributed by atoms with Gasteiger partial charge in [-0.05, 0) is 51.7 Å². The van der Waals surface area contributed by atoms with E-state index in [1.807, 2.05) is 6.92 Å². The number of likely N-dealkylation sites (tertiary alicyclic amines) is 1. The summed E-state index contributed by atoms with van der Waals surface area (Å²) in [4.78, 5) is 10.7. The third-order valence-electron chi connectivity index (χ3n) is 4.60. The Labute approximate surface area is 186 Å². The van der Waals surface area contributed by atoms with Crippen molar-refractivity contribution in [2.24, 2.45) is 10.9 Å². The van der Waals surface area contributed by atoms with Crippen LogP contribution in [0.25, 0.3) is 0 Å². The van der Waals surface area contributed by atoms with Crippen LogP contribution in [0.5, 0.6) is 0 Å². The molecule has 0 aromatic carbocycles. The van der Waals surface area contributed by atoms with E-state index in [0.29, 0.717) is 23.9 Å². The zero-order valence-corrected chi connectivity index (χ0v) is 19.7. The van der Waals surface area contributed by atoms with Gasteiger partial charge in [-0.1, -0.05) is 6.92 Å². The first kappa shape index (κ1) is 25.4. The summed E-state index contributed by atoms with van der Waals surface area (Å²) in [7, 11) is 0. The Morgan fingerprint density at radius 1 is 1.32 bits per heavy atom. The number of aromatic nitrogens is 1. The molecule has 0 aliphatic carbocycles. The molecule has 162 valence electrons. The van der Waals surface area contributed by atoms with Crippen LogP contribution in [0.15, 0.2) is 10.4 Å². The lowest BCUT2D eigenvalue weighted by atomic mass is 9.99. The van der Waals surface area contributed by atoms with Crippen LogP contribution in [0.4, 0.5) is 13.2 Å². The van der Waals surface area contributed by atoms with Crippen LogP contribution in [0.1, 0.15) is 43.8 Å². The number of hydrogen-bond acceptors (Lipinski definition) is 4. The Kier molecular flexibility index (Phi) is 11.7. The van der Waals surface area contributed by atoms with E-state index in [0.717, 1.165) is 48.7 Å². The van der Waals surface area contributed by atoms with E-state index in [4.69, 9.17) is 0 Å². The number of piperidine rings is 1. The van der Waals surface area contributed by atoms with E-state index >= 15 is 0 Å². The quantitative estimate of drug-likeness (QED) is 0.230. The van der Waals surface area contributed by atoms with Gasteiger partial charge in [0.05, 0.1) is 5.01 Å². The molecule has 2 N–H and O–H groups in total. The number of thiazole rings is 1. The summed E-state index contributed by atoms with van der Waals surface area (Å²) in [6.07, 6.45) is -0.366. The van der Waals surface area contributed by atoms with Crippen LogP contribution in [0.2, 0.25) is 0 Å². The monoisotopic (exact) mass is 533 g/mol. The Bertz CT molecular complexity index is 586. The zero-order chi connectivity index (χ0) is 19.7. The van der Waals surface area contributed by atoms with Gasteiger partial charge in [0, 0.05) is 31.4 Å². The van der Waals surface area contributed by atoms with Crippen LogP contribution in [-0.4, -0.2) is 55.1 Å². The molecule has 0 atom stereocenters. The molecule has 0 saturated carbocycles. The highest BCUT2D eigenvalue weighted by atomic mass is 127. The molecule has 0 radical (unpaired) electrons. The molecule has 0 spiro atoms. The second kappa shape index (κ2) is 12.8. The summed E-state index contributed by atoms with van der Waals surface area (Å²) in [5, 5.41) is 7.89. The molecule has 5 nitrogen and oxygen atoms in total. The Balaban J connectivity index is 0.00000392. The molecule has 1 fully saturated rings. The number of hydrogen-bond donors (Lipinski definition) is 2. The highest BCUT2D eigenvalue weighted by Gasteiger charge is 2.33. The fraction of sp³-hybridized carbons (Fsp3) is 0.778. The van der Waals surface area contributed by atoms with Gasteiger partial charge in [0.25, 0.3) is 0 Å². The highest BCUT2D eigenvalue weighted by molar-refractivity contribution is 14.0. The Morgan fingerprint density at radius 2 is 2.04 bits per heavy atom. The number of nitrogens with one attached hydrogen (secondary N) is 2. The van der Waals surface area contributed by atoms with Crippen LogP contribution >= 0.6 is 35.3 Å². The molecule has 1 aromatic heterocycles. The molecule has 28 heavy (non-hydrogen) atoms. The molecule has 1 aromatic rings. The minimum atomic E-state index is -4.37. The molecule has 2 heterocycles. The third kappa shape index (κ3) is 9.25. The predicted molar refractivity (Wildman–Crippen MR) is 120 cm³/mol. The SMILES string of the molecule is CCNC(=NCCCN1CCC(C)CC1)NCCc1nc(C(F)(F)F)cs1.I. The van der Waals surface area contributed by atoms with Gasteiger partial charge in [0.15, 0.2) is 11.7 Å². The molecule has 0 amide bonds. The van der Waals surface area contributed by atoms with Crippen molar-refractivity contribution in [3.63, 3.8) is 0 Å². The maximum Gasteiger partial charge on any atom is 0.434 e. The summed E-state index contributed by atoms with van der Waals surface area (Å²) in [5.41, 5.74) is -0.810. The van der Waals surface area contributed by atoms with Gasteiger partial charge in [0.1, 0.15) is 0 Å². The van der Waals surface area contributed by atoms with Gasteiger partial charge < -0.3 is 15.5 Å². The van der Waals surface area contributed by atoms with Crippen molar-refractivity contribution >= 4 is 41.3 Å². The van der Waals surface area contributed by atoms with Gasteiger partial charge in [-0.2, -0.15) is 13.2 Å². The van der Waals surface area contributed by atoms with E-state index in [2.05, 4.69) is 32.4 Å². The fourth-order valence-electron chi connectivity index (χ4n) is 2.96. The summed E-state index contributed by atoms with van der Waals surface area (Å²) >= 11 is 1.04. The van der Waals surface area contributed by atoms with E-state index < -0.39 is 11.9 Å². The predicted octanol–water partition coefficient (Wildman–Crippen LogP) is 4.00. The smallest absolute Gasteiger partial charge is 0.357 e. The van der Waals surface area contributed by atoms with Crippen LogP contribution in [0.3, 0.4) is 0 Å². The normalized spacial score (nSPS) is 16.7. The summed E-state index contributed by atoms with van der Waals surface area (Å²) in [6.45, 7) is 9.69. The Hall–Kier alpha value is -0.620. The van der Waals surface area contributed by atoms with Crippen molar-refractivity contribution in [3.05, 3.63) is 16.1 Å². The zero-order valence-electron chi connectivity index (χ0n) is 16.5. The highest BCUT2D eigenvalue weighted by Crippen LogP contribution is 2.30. The fourth-order valence-corrected chi connectivity index (χ4v) is 3.76. The summed E-state index contributed by atoms with van der Waals surface area (Å²) < 4.78 is 37.7. The van der Waals surface area contributed by atoms with Gasteiger partial charge in [0.2, 0.25) is 0 Å². The van der Waals surface area contributed by atoms with E-state index in [9.17, 15) is 13.2 Å². The molecule has 1 aliphatic rings. The van der Waals surface area contributed by atoms with Crippen molar-refractivity contribution in [1.29, 1.82) is 0 Å². The maximum absolute atomic E-state index is 12.6. The largest absolute Gasteiger partial charge is 0.434 e. The van der Waals surface area contributed by atoms with Gasteiger partial charge in [-0.3, -0.25) is 4.99 Å². The number of aliphatic imine (C=N–C) groups is 1. The van der Waals surface area contributed by atoms with Crippen molar-refractivity contribution in [2.45, 2.75) is 45.7 Å². The molecule has 1 aliphatic heterocycles. The summed E-state index contributed by atoms with van der Waals surface area (Å²) in [6, 6.07) is 0. The lowest BCUT2D eigenvalue weighted by molar-refractivity contribution is -0.140. The van der Waals surface area contributed by atoms with Crippen molar-refractivity contribution in [1.82, 2.24) is 20.5 Å². The minimum absolute atomic E-state index is 0. The lowest BCUT2D eigenvalue weighted by Gasteiger charge is -2.29. The van der Waals surface area contributed by atoms with Crippen molar-refractivity contribution in [3.8, 4) is 0 Å². The van der Waals surface area contributed by atoms with E-state index in [1.54, 1.807) is 0 Å². The lowest BCUT2D eigenvalue weighted by Crippen LogP contribution is -2.38. The van der Waals surface area contributed by atoms with Gasteiger partial charge in [-0.25, -0.2) is 4.98 Å². The molecule has 10 heteroatoms. The van der Waals surface area contributed by atoms with Gasteiger partial charge >= 0.3 is 6.18 Å². The second-order valence-corrected chi connectivity index (χ2v) is 7.88. The van der Waals surface area contributed by atoms with Crippen molar-refractivity contribution < 1.29 is 13.2 Å². The average molecular weight is 533 g/mol. The first-order chi connectivity index (χ1) is 12.9. The van der Waals surface area contributed by atoms with Crippen LogP contribution in [0, 0.1) is 5.92 Å². The molecular weight excluding hydrogens is 502 g/mol. The minimum Gasteiger partial charge on any atom is -0.357 e. The van der Waals surface area contributed by atoms with Gasteiger partial charge in [-0.15, -0.1) is 35.3 Å². The van der Waals surface area contributed by atoms with E-state index in [1.165, 1.54) is 25.9 Å². The first-order valence-electron chi connectivity index (χ1n) is 9.64. The second-order valence-electron chi connectivity index (χ2n) is 6.94. The Morgan fingerprint density at radius 3 is 2.64 bits per heavy atom. The number of alkyl halides is 3. The summed E-state index contributed by atoms with van der Waals surface area (Å²) in [5.74, 6) is 1.55. The van der Waals surface area contributed by atoms with Crippen LogP contribution in [-0.2, 0) is 12.6 Å². The maximum atomic E-state index is 12.6. The van der Waals surface area contributed by atoms with Crippen molar-refractivity contribution in [2.75, 3.05) is 39.3 Å². The topological polar surface area (TPSA) is 52.6 Å². The number of nitrogens with zero attached hydrogens (tertiary/aromatic N) is 3.